The van der Waals surface area contributed by atoms with Gasteiger partial charge in [0.15, 0.2) is 0 Å². The Morgan fingerprint density at radius 1 is 1.28 bits per heavy atom. The van der Waals surface area contributed by atoms with E-state index in [1.54, 1.807) is 25.1 Å². The fourth-order valence-corrected chi connectivity index (χ4v) is 1.85. The lowest BCUT2D eigenvalue weighted by Crippen LogP contribution is -2.20. The van der Waals surface area contributed by atoms with Gasteiger partial charge in [0, 0.05) is 32.4 Å². The molecule has 0 saturated heterocycles. The van der Waals surface area contributed by atoms with Crippen molar-refractivity contribution in [3.05, 3.63) is 29.3 Å². The number of nitrogens with one attached hydrogen (secondary N) is 1. The second-order valence-electron chi connectivity index (χ2n) is 4.89. The number of nitrogens with zero attached hydrogens (tertiary/aromatic N) is 1. The molecule has 0 spiro atoms. The number of anilines is 1. The number of alkyl halides is 3. The fourth-order valence-electron chi connectivity index (χ4n) is 1.85. The third kappa shape index (κ3) is 3.16. The number of halogens is 3. The summed E-state index contributed by atoms with van der Waals surface area (Å²) in [4.78, 5) is 1.72. The summed E-state index contributed by atoms with van der Waals surface area (Å²) >= 11 is 0. The molecule has 0 aromatic heterocycles. The summed E-state index contributed by atoms with van der Waals surface area (Å²) in [6, 6.07) is 4.47. The Balaban J connectivity index is 2.22. The number of hydrogen-bond acceptors (Lipinski definition) is 2. The van der Waals surface area contributed by atoms with Crippen molar-refractivity contribution in [1.82, 2.24) is 5.32 Å². The zero-order chi connectivity index (χ0) is 13.3. The molecule has 18 heavy (non-hydrogen) atoms. The van der Waals surface area contributed by atoms with Crippen molar-refractivity contribution >= 4 is 5.69 Å². The first-order valence-electron chi connectivity index (χ1n) is 5.99. The summed E-state index contributed by atoms with van der Waals surface area (Å²) < 4.78 is 38.0. The highest BCUT2D eigenvalue weighted by molar-refractivity contribution is 5.55. The van der Waals surface area contributed by atoms with E-state index in [1.165, 1.54) is 6.07 Å². The van der Waals surface area contributed by atoms with Crippen LogP contribution in [0.3, 0.4) is 0 Å². The van der Waals surface area contributed by atoms with Gasteiger partial charge in [0.1, 0.15) is 0 Å². The van der Waals surface area contributed by atoms with E-state index in [0.717, 1.165) is 24.5 Å². The van der Waals surface area contributed by atoms with Crippen LogP contribution in [0.5, 0.6) is 0 Å². The average molecular weight is 258 g/mol. The molecule has 5 heteroatoms. The summed E-state index contributed by atoms with van der Waals surface area (Å²) in [5.74, 6) is 0. The van der Waals surface area contributed by atoms with E-state index < -0.39 is 11.7 Å². The summed E-state index contributed by atoms with van der Waals surface area (Å²) in [6.45, 7) is 0.621. The van der Waals surface area contributed by atoms with Crippen molar-refractivity contribution in [2.45, 2.75) is 31.6 Å². The molecule has 1 fully saturated rings. The van der Waals surface area contributed by atoms with Crippen LogP contribution in [0.25, 0.3) is 0 Å². The molecule has 0 atom stereocenters. The van der Waals surface area contributed by atoms with Gasteiger partial charge in [-0.2, -0.15) is 13.2 Å². The Morgan fingerprint density at radius 3 is 2.44 bits per heavy atom. The predicted octanol–water partition coefficient (Wildman–Crippen LogP) is 3.02. The maximum absolute atomic E-state index is 12.7. The first kappa shape index (κ1) is 13.2. The molecular weight excluding hydrogens is 241 g/mol. The van der Waals surface area contributed by atoms with Crippen LogP contribution in [-0.2, 0) is 12.7 Å². The van der Waals surface area contributed by atoms with Crippen LogP contribution >= 0.6 is 0 Å². The van der Waals surface area contributed by atoms with Crippen LogP contribution in [0.1, 0.15) is 24.0 Å². The summed E-state index contributed by atoms with van der Waals surface area (Å²) in [6.07, 6.45) is -1.96. The quantitative estimate of drug-likeness (QED) is 0.893. The van der Waals surface area contributed by atoms with E-state index in [0.29, 0.717) is 18.3 Å². The second kappa shape index (κ2) is 4.80. The van der Waals surface area contributed by atoms with E-state index in [9.17, 15) is 13.2 Å². The van der Waals surface area contributed by atoms with Gasteiger partial charge in [0.25, 0.3) is 0 Å². The van der Waals surface area contributed by atoms with Gasteiger partial charge in [0.05, 0.1) is 5.56 Å². The molecule has 1 aromatic rings. The van der Waals surface area contributed by atoms with Crippen molar-refractivity contribution in [1.29, 1.82) is 0 Å². The minimum absolute atomic E-state index is 0.544. The molecule has 1 aliphatic rings. The Kier molecular flexibility index (Phi) is 3.52. The molecule has 0 amide bonds. The van der Waals surface area contributed by atoms with Crippen molar-refractivity contribution < 1.29 is 13.2 Å². The lowest BCUT2D eigenvalue weighted by Gasteiger charge is -2.20. The zero-order valence-corrected chi connectivity index (χ0v) is 10.5. The third-order valence-corrected chi connectivity index (χ3v) is 3.05. The van der Waals surface area contributed by atoms with Gasteiger partial charge in [0.2, 0.25) is 0 Å². The molecule has 1 aliphatic carbocycles. The van der Waals surface area contributed by atoms with E-state index in [4.69, 9.17) is 0 Å². The number of hydrogen-bond donors (Lipinski definition) is 1. The topological polar surface area (TPSA) is 15.3 Å². The smallest absolute Gasteiger partial charge is 0.377 e. The van der Waals surface area contributed by atoms with Crippen LogP contribution in [0.15, 0.2) is 18.2 Å². The van der Waals surface area contributed by atoms with Gasteiger partial charge in [-0.3, -0.25) is 0 Å². The van der Waals surface area contributed by atoms with Crippen LogP contribution in [0, 0.1) is 0 Å². The van der Waals surface area contributed by atoms with Crippen LogP contribution < -0.4 is 10.2 Å². The van der Waals surface area contributed by atoms with Gasteiger partial charge in [-0.1, -0.05) is 6.07 Å². The summed E-state index contributed by atoms with van der Waals surface area (Å²) in [7, 11) is 3.52. The highest BCUT2D eigenvalue weighted by Gasteiger charge is 2.31. The van der Waals surface area contributed by atoms with Gasteiger partial charge in [-0.25, -0.2) is 0 Å². The van der Waals surface area contributed by atoms with E-state index in [-0.39, 0.29) is 0 Å². The van der Waals surface area contributed by atoms with E-state index in [1.807, 2.05) is 0 Å². The maximum atomic E-state index is 12.7. The van der Waals surface area contributed by atoms with Crippen molar-refractivity contribution in [3.8, 4) is 0 Å². The third-order valence-electron chi connectivity index (χ3n) is 3.05. The van der Waals surface area contributed by atoms with Gasteiger partial charge >= 0.3 is 6.18 Å². The Bertz CT molecular complexity index is 423. The number of rotatable bonds is 4. The molecule has 1 aromatic carbocycles. The fraction of sp³-hybridized carbons (Fsp3) is 0.538. The zero-order valence-electron chi connectivity index (χ0n) is 10.5. The largest absolute Gasteiger partial charge is 0.416 e. The average Bonchev–Trinajstić information content (AvgIpc) is 3.08. The van der Waals surface area contributed by atoms with Crippen LogP contribution in [0.4, 0.5) is 18.9 Å². The monoisotopic (exact) mass is 258 g/mol. The number of benzene rings is 1. The molecule has 2 nitrogen and oxygen atoms in total. The first-order chi connectivity index (χ1) is 8.38. The highest BCUT2D eigenvalue weighted by Crippen LogP contribution is 2.33. The molecule has 1 saturated carbocycles. The Labute approximate surface area is 105 Å². The van der Waals surface area contributed by atoms with E-state index in [2.05, 4.69) is 5.32 Å². The normalized spacial score (nSPS) is 15.8. The minimum atomic E-state index is -4.28. The minimum Gasteiger partial charge on any atom is -0.377 e. The molecule has 0 radical (unpaired) electrons. The Morgan fingerprint density at radius 2 is 1.94 bits per heavy atom. The van der Waals surface area contributed by atoms with Crippen molar-refractivity contribution in [2.75, 3.05) is 19.0 Å². The SMILES string of the molecule is CN(C)c1cc(C(F)(F)F)ccc1CNC1CC1. The van der Waals surface area contributed by atoms with Gasteiger partial charge in [-0.15, -0.1) is 0 Å². The molecule has 2 rings (SSSR count). The van der Waals surface area contributed by atoms with Crippen LogP contribution in [-0.4, -0.2) is 20.1 Å². The Hall–Kier alpha value is -1.23. The predicted molar refractivity (Wildman–Crippen MR) is 65.6 cm³/mol. The summed E-state index contributed by atoms with van der Waals surface area (Å²) in [5, 5.41) is 3.32. The molecule has 0 unspecified atom stereocenters. The van der Waals surface area contributed by atoms with Crippen LogP contribution in [0.2, 0.25) is 0 Å². The molecule has 1 N–H and O–H groups in total. The molecule has 0 heterocycles. The second-order valence-corrected chi connectivity index (χ2v) is 4.89. The summed E-state index contributed by atoms with van der Waals surface area (Å²) in [5.41, 5.74) is 0.930. The van der Waals surface area contributed by atoms with Crippen molar-refractivity contribution in [2.24, 2.45) is 0 Å². The van der Waals surface area contributed by atoms with Gasteiger partial charge < -0.3 is 10.2 Å². The van der Waals surface area contributed by atoms with E-state index >= 15 is 0 Å². The lowest BCUT2D eigenvalue weighted by atomic mass is 10.1. The van der Waals surface area contributed by atoms with Crippen molar-refractivity contribution in [3.63, 3.8) is 0 Å². The molecule has 0 aliphatic heterocycles. The van der Waals surface area contributed by atoms with Gasteiger partial charge in [-0.05, 0) is 30.5 Å². The lowest BCUT2D eigenvalue weighted by molar-refractivity contribution is -0.137. The molecule has 0 bridgehead atoms. The standard InChI is InChI=1S/C13H17F3N2/c1-18(2)12-7-10(13(14,15)16)4-3-9(12)8-17-11-5-6-11/h3-4,7,11,17H,5-6,8H2,1-2H3. The maximum Gasteiger partial charge on any atom is 0.416 e. The first-order valence-corrected chi connectivity index (χ1v) is 5.99. The molecular formula is C13H17F3N2. The highest BCUT2D eigenvalue weighted by atomic mass is 19.4. The molecule has 100 valence electrons.